The van der Waals surface area contributed by atoms with Crippen molar-refractivity contribution in [3.8, 4) is 0 Å². The average molecular weight is 263 g/mol. The summed E-state index contributed by atoms with van der Waals surface area (Å²) < 4.78 is 25.1. The maximum absolute atomic E-state index is 11.9. The molecule has 0 aromatic heterocycles. The summed E-state index contributed by atoms with van der Waals surface area (Å²) >= 11 is 0. The van der Waals surface area contributed by atoms with Crippen molar-refractivity contribution in [2.75, 3.05) is 6.26 Å². The number of fused-ring (bicyclic) bond motifs is 3. The van der Waals surface area contributed by atoms with Crippen molar-refractivity contribution >= 4 is 10.0 Å². The maximum Gasteiger partial charge on any atom is 0.211 e. The highest BCUT2D eigenvalue weighted by atomic mass is 32.2. The molecule has 3 rings (SSSR count). The highest BCUT2D eigenvalue weighted by Crippen LogP contribution is 2.45. The second-order valence-electron chi connectivity index (χ2n) is 5.35. The first-order valence-corrected chi connectivity index (χ1v) is 8.03. The number of aliphatic hydroxyl groups excluding tert-OH is 1. The summed E-state index contributed by atoms with van der Waals surface area (Å²) in [5, 5.41) is 20.6. The second-order valence-corrected chi connectivity index (χ2v) is 7.24. The summed E-state index contributed by atoms with van der Waals surface area (Å²) in [5.41, 5.74) is -1.05. The summed E-state index contributed by atoms with van der Waals surface area (Å²) in [5.74, 6) is 0. The molecule has 3 aliphatic rings. The molecule has 2 saturated heterocycles. The first-order valence-electron chi connectivity index (χ1n) is 6.18. The van der Waals surface area contributed by atoms with Crippen LogP contribution in [0, 0.1) is 0 Å². The fraction of sp³-hybridized carbons (Fsp3) is 1.00. The Bertz CT molecular complexity index is 386. The van der Waals surface area contributed by atoms with Gasteiger partial charge in [0.1, 0.15) is 0 Å². The summed E-state index contributed by atoms with van der Waals surface area (Å²) in [7, 11) is -3.39. The van der Waals surface area contributed by atoms with Crippen molar-refractivity contribution in [2.45, 2.75) is 62.8 Å². The average Bonchev–Trinajstić information content (AvgIpc) is 2.26. The zero-order valence-electron chi connectivity index (χ0n) is 10.3. The molecule has 100 valence electrons. The molecule has 1 aliphatic carbocycles. The van der Waals surface area contributed by atoms with Crippen molar-refractivity contribution < 1.29 is 18.6 Å². The van der Waals surface area contributed by atoms with Crippen molar-refractivity contribution in [3.63, 3.8) is 0 Å². The van der Waals surface area contributed by atoms with E-state index in [2.05, 4.69) is 0 Å². The van der Waals surface area contributed by atoms with Gasteiger partial charge in [-0.3, -0.25) is 0 Å². The van der Waals surface area contributed by atoms with Crippen LogP contribution in [0.1, 0.15) is 39.0 Å². The van der Waals surface area contributed by atoms with Crippen molar-refractivity contribution in [2.24, 2.45) is 0 Å². The Morgan fingerprint density at radius 2 is 1.94 bits per heavy atom. The maximum atomic E-state index is 11.9. The number of rotatable bonds is 3. The Labute approximate surface area is 102 Å². The Hall–Kier alpha value is -0.170. The predicted octanol–water partition coefficient (Wildman–Crippen LogP) is 0.0748. The number of nitrogens with zero attached hydrogens (tertiary/aromatic N) is 1. The first kappa shape index (κ1) is 13.3. The van der Waals surface area contributed by atoms with E-state index in [-0.39, 0.29) is 6.04 Å². The molecular formula is C11H21NO4S. The van der Waals surface area contributed by atoms with E-state index in [0.29, 0.717) is 32.1 Å². The van der Waals surface area contributed by atoms with Crippen molar-refractivity contribution in [1.82, 2.24) is 4.31 Å². The Morgan fingerprint density at radius 1 is 1.41 bits per heavy atom. The minimum atomic E-state index is -3.39. The second kappa shape index (κ2) is 4.19. The van der Waals surface area contributed by atoms with Crippen LogP contribution >= 0.6 is 0 Å². The van der Waals surface area contributed by atoms with Crippen LogP contribution in [0.3, 0.4) is 0 Å². The molecule has 0 spiro atoms. The van der Waals surface area contributed by atoms with Gasteiger partial charge in [0.2, 0.25) is 10.0 Å². The molecule has 2 aliphatic heterocycles. The molecule has 0 radical (unpaired) electrons. The van der Waals surface area contributed by atoms with Gasteiger partial charge in [0.25, 0.3) is 0 Å². The van der Waals surface area contributed by atoms with E-state index in [1.165, 1.54) is 4.31 Å². The van der Waals surface area contributed by atoms with Gasteiger partial charge in [-0.25, -0.2) is 8.42 Å². The van der Waals surface area contributed by atoms with Crippen LogP contribution < -0.4 is 0 Å². The zero-order chi connectivity index (χ0) is 12.8. The molecule has 2 N–H and O–H groups in total. The van der Waals surface area contributed by atoms with E-state index < -0.39 is 27.8 Å². The lowest BCUT2D eigenvalue weighted by atomic mass is 9.70. The molecule has 0 aromatic rings. The van der Waals surface area contributed by atoms with Gasteiger partial charge < -0.3 is 10.2 Å². The van der Waals surface area contributed by atoms with Crippen LogP contribution in [0.25, 0.3) is 0 Å². The topological polar surface area (TPSA) is 77.8 Å². The van der Waals surface area contributed by atoms with Crippen LogP contribution in [0.15, 0.2) is 0 Å². The number of sulfonamides is 1. The predicted molar refractivity (Wildman–Crippen MR) is 64.0 cm³/mol. The number of hydrogen-bond acceptors (Lipinski definition) is 4. The molecule has 5 nitrogen and oxygen atoms in total. The lowest BCUT2D eigenvalue weighted by molar-refractivity contribution is -0.147. The minimum absolute atomic E-state index is 0.0507. The van der Waals surface area contributed by atoms with Gasteiger partial charge in [-0.1, -0.05) is 6.92 Å². The van der Waals surface area contributed by atoms with Crippen molar-refractivity contribution in [3.05, 3.63) is 0 Å². The highest BCUT2D eigenvalue weighted by Gasteiger charge is 2.56. The molecule has 17 heavy (non-hydrogen) atoms. The van der Waals surface area contributed by atoms with Crippen LogP contribution in [0.5, 0.6) is 0 Å². The Morgan fingerprint density at radius 3 is 2.35 bits per heavy atom. The molecule has 2 heterocycles. The largest absolute Gasteiger partial charge is 0.391 e. The Balaban J connectivity index is 2.41. The molecule has 0 amide bonds. The molecular weight excluding hydrogens is 242 g/mol. The molecule has 1 saturated carbocycles. The summed E-state index contributed by atoms with van der Waals surface area (Å²) in [4.78, 5) is 0. The van der Waals surface area contributed by atoms with Crippen LogP contribution in [0.4, 0.5) is 0 Å². The van der Waals surface area contributed by atoms with Crippen LogP contribution in [-0.2, 0) is 10.0 Å². The minimum Gasteiger partial charge on any atom is -0.391 e. The number of piperidine rings is 2. The van der Waals surface area contributed by atoms with E-state index >= 15 is 0 Å². The highest BCUT2D eigenvalue weighted by molar-refractivity contribution is 7.88. The van der Waals surface area contributed by atoms with Gasteiger partial charge in [-0.2, -0.15) is 4.31 Å². The third kappa shape index (κ3) is 2.12. The monoisotopic (exact) mass is 263 g/mol. The van der Waals surface area contributed by atoms with Crippen LogP contribution in [0.2, 0.25) is 0 Å². The fourth-order valence-electron chi connectivity index (χ4n) is 3.34. The number of hydrogen-bond donors (Lipinski definition) is 2. The van der Waals surface area contributed by atoms with Gasteiger partial charge in [0.05, 0.1) is 24.0 Å². The fourth-order valence-corrected chi connectivity index (χ4v) is 4.85. The lowest BCUT2D eigenvalue weighted by Crippen LogP contribution is -2.69. The molecule has 2 atom stereocenters. The van der Waals surface area contributed by atoms with Crippen LogP contribution in [-0.4, -0.2) is 53.0 Å². The standard InChI is InChI=1S/C11H21NO4S/c1-3-9(13)10-11(14)6-4-8(5-7-11)12(10)17(2,15)16/h8-10,13-14H,3-7H2,1-2H3/t8?,9-,10-,11?/m0/s1. The third-order valence-corrected chi connectivity index (χ3v) is 5.46. The summed E-state index contributed by atoms with van der Waals surface area (Å²) in [6.07, 6.45) is 3.37. The lowest BCUT2D eigenvalue weighted by Gasteiger charge is -2.56. The van der Waals surface area contributed by atoms with Gasteiger partial charge in [0, 0.05) is 6.04 Å². The SMILES string of the molecule is CC[C@H](O)[C@@H]1N(S(C)(=O)=O)C2CCC1(O)CC2. The number of aliphatic hydroxyl groups is 2. The van der Waals surface area contributed by atoms with E-state index in [1.54, 1.807) is 6.92 Å². The summed E-state index contributed by atoms with van der Waals surface area (Å²) in [6, 6.07) is -0.722. The quantitative estimate of drug-likeness (QED) is 0.755. The third-order valence-electron chi connectivity index (χ3n) is 4.17. The molecule has 6 heteroatoms. The van der Waals surface area contributed by atoms with Gasteiger partial charge in [-0.05, 0) is 32.1 Å². The zero-order valence-corrected chi connectivity index (χ0v) is 11.2. The Kier molecular flexibility index (Phi) is 3.27. The smallest absolute Gasteiger partial charge is 0.211 e. The molecule has 3 fully saturated rings. The molecule has 2 bridgehead atoms. The van der Waals surface area contributed by atoms with E-state index in [0.717, 1.165) is 6.26 Å². The van der Waals surface area contributed by atoms with E-state index in [1.807, 2.05) is 0 Å². The van der Waals surface area contributed by atoms with E-state index in [9.17, 15) is 18.6 Å². The summed E-state index contributed by atoms with van der Waals surface area (Å²) in [6.45, 7) is 1.80. The van der Waals surface area contributed by atoms with E-state index in [4.69, 9.17) is 0 Å². The van der Waals surface area contributed by atoms with Gasteiger partial charge in [-0.15, -0.1) is 0 Å². The van der Waals surface area contributed by atoms with Crippen molar-refractivity contribution in [1.29, 1.82) is 0 Å². The normalized spacial score (nSPS) is 40.5. The first-order chi connectivity index (χ1) is 7.79. The molecule has 0 unspecified atom stereocenters. The van der Waals surface area contributed by atoms with Gasteiger partial charge in [0.15, 0.2) is 0 Å². The van der Waals surface area contributed by atoms with Gasteiger partial charge >= 0.3 is 0 Å². The molecule has 0 aromatic carbocycles.